The van der Waals surface area contributed by atoms with Crippen LogP contribution in [0.25, 0.3) is 10.4 Å². The Morgan fingerprint density at radius 2 is 1.63 bits per heavy atom. The molecule has 1 amide bonds. The van der Waals surface area contributed by atoms with E-state index >= 15 is 0 Å². The van der Waals surface area contributed by atoms with Gasteiger partial charge in [0, 0.05) is 18.4 Å². The molecular weight excluding hydrogens is 482 g/mol. The number of amides is 1. The normalized spacial score (nSPS) is 19.4. The summed E-state index contributed by atoms with van der Waals surface area (Å²) in [6.07, 6.45) is -0.925. The van der Waals surface area contributed by atoms with Crippen molar-refractivity contribution >= 4 is 12.0 Å². The lowest BCUT2D eigenvalue weighted by Gasteiger charge is -2.42. The van der Waals surface area contributed by atoms with Gasteiger partial charge in [0.2, 0.25) is 6.29 Å². The van der Waals surface area contributed by atoms with Gasteiger partial charge in [0.1, 0.15) is 6.61 Å². The van der Waals surface area contributed by atoms with Gasteiger partial charge in [0.15, 0.2) is 5.90 Å². The van der Waals surface area contributed by atoms with Gasteiger partial charge in [-0.3, -0.25) is 10.3 Å². The van der Waals surface area contributed by atoms with Gasteiger partial charge in [-0.2, -0.15) is 0 Å². The fourth-order valence-electron chi connectivity index (χ4n) is 4.60. The standard InChI is InChI=1S/C29H31N5O4/c1-21(30)37-28-25(32-33-31)17-18-26(38-28)27(24-15-9-4-10-16-24)34(19-22-11-5-2-6-12-22)29(35)36-20-23-13-7-3-8-14-23/h2-16,25-28,30H,17-20H2,1H3/t25?,26-,27+,28?/m0/s1. The lowest BCUT2D eigenvalue weighted by Crippen LogP contribution is -2.48. The SMILES string of the molecule is CC(=N)OC1O[C@H]([C@@H](c2ccccc2)N(Cc2ccccc2)C(=O)OCc2ccccc2)CCC1N=[N+]=[N-]. The van der Waals surface area contributed by atoms with E-state index in [1.54, 1.807) is 4.90 Å². The Balaban J connectivity index is 1.68. The number of benzene rings is 3. The Morgan fingerprint density at radius 3 is 2.24 bits per heavy atom. The highest BCUT2D eigenvalue weighted by Gasteiger charge is 2.41. The molecule has 0 aliphatic carbocycles. The first-order chi connectivity index (χ1) is 18.5. The van der Waals surface area contributed by atoms with Gasteiger partial charge in [-0.15, -0.1) is 0 Å². The summed E-state index contributed by atoms with van der Waals surface area (Å²) in [6.45, 7) is 1.93. The Labute approximate surface area is 222 Å². The number of azide groups is 1. The first-order valence-corrected chi connectivity index (χ1v) is 12.5. The Morgan fingerprint density at radius 1 is 1.03 bits per heavy atom. The van der Waals surface area contributed by atoms with Crippen molar-refractivity contribution in [2.45, 2.75) is 57.4 Å². The van der Waals surface area contributed by atoms with Crippen LogP contribution in [0.5, 0.6) is 0 Å². The molecule has 2 unspecified atom stereocenters. The van der Waals surface area contributed by atoms with Gasteiger partial charge < -0.3 is 14.2 Å². The summed E-state index contributed by atoms with van der Waals surface area (Å²) >= 11 is 0. The van der Waals surface area contributed by atoms with Gasteiger partial charge in [-0.1, -0.05) is 96.1 Å². The zero-order valence-corrected chi connectivity index (χ0v) is 21.2. The van der Waals surface area contributed by atoms with Crippen molar-refractivity contribution in [2.24, 2.45) is 5.11 Å². The summed E-state index contributed by atoms with van der Waals surface area (Å²) < 4.78 is 17.7. The van der Waals surface area contributed by atoms with Crippen LogP contribution in [-0.4, -0.2) is 35.3 Å². The summed E-state index contributed by atoms with van der Waals surface area (Å²) in [5.74, 6) is -0.0477. The maximum Gasteiger partial charge on any atom is 0.411 e. The third kappa shape index (κ3) is 7.12. The van der Waals surface area contributed by atoms with Gasteiger partial charge in [0.25, 0.3) is 0 Å². The molecule has 0 radical (unpaired) electrons. The lowest BCUT2D eigenvalue weighted by molar-refractivity contribution is -0.182. The van der Waals surface area contributed by atoms with Crippen LogP contribution in [0.1, 0.15) is 42.5 Å². The molecule has 0 bridgehead atoms. The van der Waals surface area contributed by atoms with E-state index in [2.05, 4.69) is 10.0 Å². The average molecular weight is 514 g/mol. The average Bonchev–Trinajstić information content (AvgIpc) is 2.94. The molecule has 0 spiro atoms. The number of hydrogen-bond donors (Lipinski definition) is 1. The predicted molar refractivity (Wildman–Crippen MR) is 143 cm³/mol. The van der Waals surface area contributed by atoms with E-state index in [1.165, 1.54) is 6.92 Å². The summed E-state index contributed by atoms with van der Waals surface area (Å²) in [6, 6.07) is 27.8. The van der Waals surface area contributed by atoms with Crippen molar-refractivity contribution in [3.8, 4) is 0 Å². The number of carbonyl (C=O) groups is 1. The molecule has 1 heterocycles. The van der Waals surface area contributed by atoms with E-state index in [0.717, 1.165) is 16.7 Å². The molecule has 9 heteroatoms. The molecule has 0 aromatic heterocycles. The van der Waals surface area contributed by atoms with Gasteiger partial charge in [-0.25, -0.2) is 4.79 Å². The highest BCUT2D eigenvalue weighted by molar-refractivity contribution is 5.69. The van der Waals surface area contributed by atoms with Crippen LogP contribution in [-0.2, 0) is 27.4 Å². The molecule has 0 saturated carbocycles. The molecule has 196 valence electrons. The second-order valence-electron chi connectivity index (χ2n) is 9.08. The van der Waals surface area contributed by atoms with E-state index in [9.17, 15) is 4.79 Å². The number of carbonyl (C=O) groups excluding carboxylic acids is 1. The number of nitrogens with zero attached hydrogens (tertiary/aromatic N) is 4. The number of hydrogen-bond acceptors (Lipinski definition) is 6. The molecule has 9 nitrogen and oxygen atoms in total. The molecule has 38 heavy (non-hydrogen) atoms. The molecule has 1 N–H and O–H groups in total. The summed E-state index contributed by atoms with van der Waals surface area (Å²) in [4.78, 5) is 18.3. The first kappa shape index (κ1) is 26.7. The van der Waals surface area contributed by atoms with Crippen molar-refractivity contribution in [2.75, 3.05) is 0 Å². The minimum atomic E-state index is -0.938. The second-order valence-corrected chi connectivity index (χ2v) is 9.08. The summed E-state index contributed by atoms with van der Waals surface area (Å²) in [5.41, 5.74) is 11.7. The van der Waals surface area contributed by atoms with E-state index in [-0.39, 0.29) is 12.5 Å². The Bertz CT molecular complexity index is 1240. The summed E-state index contributed by atoms with van der Waals surface area (Å²) in [5, 5.41) is 11.6. The second kappa shape index (κ2) is 13.3. The van der Waals surface area contributed by atoms with Crippen molar-refractivity contribution in [3.05, 3.63) is 118 Å². The Hall–Kier alpha value is -4.33. The smallest absolute Gasteiger partial charge is 0.411 e. The molecule has 1 saturated heterocycles. The largest absolute Gasteiger partial charge is 0.452 e. The van der Waals surface area contributed by atoms with Gasteiger partial charge >= 0.3 is 6.09 Å². The van der Waals surface area contributed by atoms with Crippen LogP contribution in [0, 0.1) is 5.41 Å². The van der Waals surface area contributed by atoms with Crippen LogP contribution < -0.4 is 0 Å². The van der Waals surface area contributed by atoms with Crippen molar-refractivity contribution in [1.29, 1.82) is 5.41 Å². The van der Waals surface area contributed by atoms with Crippen LogP contribution >= 0.6 is 0 Å². The molecule has 3 aromatic carbocycles. The van der Waals surface area contributed by atoms with Crippen LogP contribution in [0.15, 0.2) is 96.1 Å². The zero-order valence-electron chi connectivity index (χ0n) is 21.2. The molecule has 4 rings (SSSR count). The third-order valence-electron chi connectivity index (χ3n) is 6.33. The predicted octanol–water partition coefficient (Wildman–Crippen LogP) is 6.76. The molecule has 3 aromatic rings. The zero-order chi connectivity index (χ0) is 26.7. The highest BCUT2D eigenvalue weighted by Crippen LogP contribution is 2.36. The maximum absolute atomic E-state index is 13.7. The maximum atomic E-state index is 13.7. The lowest BCUT2D eigenvalue weighted by atomic mass is 9.92. The quantitative estimate of drug-likeness (QED) is 0.112. The van der Waals surface area contributed by atoms with E-state index in [0.29, 0.717) is 19.4 Å². The molecule has 1 aliphatic rings. The van der Waals surface area contributed by atoms with Crippen LogP contribution in [0.4, 0.5) is 4.79 Å². The van der Waals surface area contributed by atoms with Crippen molar-refractivity contribution < 1.29 is 19.0 Å². The minimum Gasteiger partial charge on any atom is -0.452 e. The number of rotatable bonds is 9. The van der Waals surface area contributed by atoms with Gasteiger partial charge in [-0.05, 0) is 35.1 Å². The van der Waals surface area contributed by atoms with E-state index in [4.69, 9.17) is 25.2 Å². The van der Waals surface area contributed by atoms with Crippen LogP contribution in [0.2, 0.25) is 0 Å². The molecule has 1 fully saturated rings. The number of ether oxygens (including phenoxy) is 3. The van der Waals surface area contributed by atoms with Crippen molar-refractivity contribution in [1.82, 2.24) is 4.90 Å². The first-order valence-electron chi connectivity index (χ1n) is 12.5. The number of nitrogens with one attached hydrogen (secondary N) is 1. The van der Waals surface area contributed by atoms with E-state index < -0.39 is 30.6 Å². The topological polar surface area (TPSA) is 121 Å². The highest BCUT2D eigenvalue weighted by atomic mass is 16.7. The Kier molecular flexibility index (Phi) is 9.34. The molecule has 1 aliphatic heterocycles. The van der Waals surface area contributed by atoms with Crippen LogP contribution in [0.3, 0.4) is 0 Å². The monoisotopic (exact) mass is 513 g/mol. The fourth-order valence-corrected chi connectivity index (χ4v) is 4.60. The van der Waals surface area contributed by atoms with E-state index in [1.807, 2.05) is 91.0 Å². The third-order valence-corrected chi connectivity index (χ3v) is 6.33. The van der Waals surface area contributed by atoms with Crippen molar-refractivity contribution in [3.63, 3.8) is 0 Å². The van der Waals surface area contributed by atoms with Gasteiger partial charge in [0.05, 0.1) is 18.2 Å². The fraction of sp³-hybridized carbons (Fsp3) is 0.310. The molecule has 4 atom stereocenters. The summed E-state index contributed by atoms with van der Waals surface area (Å²) in [7, 11) is 0. The molecular formula is C29H31N5O4. The minimum absolute atomic E-state index is 0.0477.